The third-order valence-electron chi connectivity index (χ3n) is 11.7. The maximum atomic E-state index is 13.5. The van der Waals surface area contributed by atoms with E-state index in [0.717, 1.165) is 105 Å². The number of benzene rings is 1. The van der Waals surface area contributed by atoms with Crippen molar-refractivity contribution < 1.29 is 29.1 Å². The van der Waals surface area contributed by atoms with Crippen LogP contribution in [0.25, 0.3) is 0 Å². The Morgan fingerprint density at radius 1 is 1.09 bits per heavy atom. The number of aliphatic carboxylic acids is 1. The van der Waals surface area contributed by atoms with Crippen LogP contribution in [0.4, 0.5) is 11.5 Å². The van der Waals surface area contributed by atoms with Crippen LogP contribution in [0.3, 0.4) is 0 Å². The van der Waals surface area contributed by atoms with Crippen LogP contribution in [0.1, 0.15) is 146 Å². The number of aromatic nitrogens is 1. The Morgan fingerprint density at radius 3 is 2.53 bits per heavy atom. The minimum atomic E-state index is -0.961. The number of hydrogen-bond donors (Lipinski definition) is 5. The minimum absolute atomic E-state index is 0.0357. The molecule has 1 saturated carbocycles. The number of Topliss-reactive ketones (excluding diaryl/α,β-unsaturated/α-hetero) is 1. The number of aryl methyl sites for hydroxylation is 2. The van der Waals surface area contributed by atoms with Gasteiger partial charge in [0.05, 0.1) is 11.3 Å². The van der Waals surface area contributed by atoms with Crippen LogP contribution in [0, 0.1) is 30.6 Å². The first-order valence-electron chi connectivity index (χ1n) is 21.3. The Morgan fingerprint density at radius 2 is 1.84 bits per heavy atom. The molecule has 1 aliphatic carbocycles. The van der Waals surface area contributed by atoms with Gasteiger partial charge in [0.25, 0.3) is 5.91 Å². The fraction of sp³-hybridized carbons (Fsp3) is 0.609. The highest BCUT2D eigenvalue weighted by molar-refractivity contribution is 7.85. The number of ketones is 1. The lowest BCUT2D eigenvalue weighted by molar-refractivity contribution is -0.137. The van der Waals surface area contributed by atoms with E-state index in [9.17, 15) is 29.1 Å². The van der Waals surface area contributed by atoms with E-state index in [2.05, 4.69) is 55.4 Å². The van der Waals surface area contributed by atoms with Crippen LogP contribution >= 0.6 is 12.6 Å². The second-order valence-corrected chi connectivity index (χ2v) is 17.4. The van der Waals surface area contributed by atoms with Gasteiger partial charge in [-0.15, -0.1) is 12.6 Å². The first-order valence-corrected chi connectivity index (χ1v) is 21.7. The predicted molar refractivity (Wildman–Crippen MR) is 231 cm³/mol. The monoisotopic (exact) mass is 802 g/mol. The van der Waals surface area contributed by atoms with Crippen molar-refractivity contribution in [3.8, 4) is 0 Å². The Labute approximate surface area is 345 Å². The number of rotatable bonds is 24. The molecule has 1 aromatic carbocycles. The molecule has 2 aromatic rings. The number of carbonyl (C=O) groups excluding carboxylic acids is 4. The quantitative estimate of drug-likeness (QED) is 0.0305. The molecule has 1 aliphatic heterocycles. The first kappa shape index (κ1) is 45.7. The largest absolute Gasteiger partial charge is 0.481 e. The third-order valence-corrected chi connectivity index (χ3v) is 12.2. The molecule has 10 nitrogen and oxygen atoms in total. The summed E-state index contributed by atoms with van der Waals surface area (Å²) < 4.78 is 0. The molecule has 312 valence electrons. The van der Waals surface area contributed by atoms with E-state index < -0.39 is 12.0 Å². The Balaban J connectivity index is 1.31. The number of thiol groups is 1. The smallest absolute Gasteiger partial charge is 0.305 e. The highest BCUT2D eigenvalue weighted by atomic mass is 32.1. The maximum Gasteiger partial charge on any atom is 0.305 e. The van der Waals surface area contributed by atoms with Crippen molar-refractivity contribution in [2.45, 2.75) is 150 Å². The lowest BCUT2D eigenvalue weighted by atomic mass is 9.89. The number of aldehydes is 1. The van der Waals surface area contributed by atoms with Gasteiger partial charge >= 0.3 is 5.97 Å². The molecule has 11 heteroatoms. The van der Waals surface area contributed by atoms with E-state index in [1.165, 1.54) is 11.1 Å². The van der Waals surface area contributed by atoms with E-state index in [0.29, 0.717) is 41.7 Å². The zero-order valence-corrected chi connectivity index (χ0v) is 35.9. The third kappa shape index (κ3) is 13.8. The predicted octanol–water partition coefficient (Wildman–Crippen LogP) is 8.95. The van der Waals surface area contributed by atoms with Crippen molar-refractivity contribution in [2.24, 2.45) is 23.7 Å². The van der Waals surface area contributed by atoms with Gasteiger partial charge in [-0.05, 0) is 117 Å². The fourth-order valence-corrected chi connectivity index (χ4v) is 8.90. The van der Waals surface area contributed by atoms with Gasteiger partial charge in [0.15, 0.2) is 0 Å². The molecule has 0 spiro atoms. The number of fused-ring (bicyclic) bond motifs is 1. The van der Waals surface area contributed by atoms with E-state index in [1.54, 1.807) is 6.92 Å². The minimum Gasteiger partial charge on any atom is -0.481 e. The van der Waals surface area contributed by atoms with Crippen molar-refractivity contribution in [1.82, 2.24) is 10.3 Å². The molecule has 4 unspecified atom stereocenters. The van der Waals surface area contributed by atoms with Gasteiger partial charge in [0, 0.05) is 48.6 Å². The number of amides is 2. The summed E-state index contributed by atoms with van der Waals surface area (Å²) in [5.74, 6) is 0.343. The van der Waals surface area contributed by atoms with Gasteiger partial charge in [-0.3, -0.25) is 14.4 Å². The summed E-state index contributed by atoms with van der Waals surface area (Å²) in [7, 11) is 0. The molecule has 2 amide bonds. The van der Waals surface area contributed by atoms with Crippen molar-refractivity contribution in [2.75, 3.05) is 17.2 Å². The summed E-state index contributed by atoms with van der Waals surface area (Å²) in [4.78, 5) is 66.9. The number of carboxylic acids is 1. The Kier molecular flexibility index (Phi) is 17.8. The molecule has 0 saturated heterocycles. The molecule has 2 aliphatic rings. The molecule has 1 fully saturated rings. The molecule has 0 bridgehead atoms. The second-order valence-electron chi connectivity index (χ2n) is 16.9. The number of pyridine rings is 1. The summed E-state index contributed by atoms with van der Waals surface area (Å²) in [6, 6.07) is 7.56. The van der Waals surface area contributed by atoms with Crippen LogP contribution in [-0.4, -0.2) is 52.5 Å². The van der Waals surface area contributed by atoms with Gasteiger partial charge < -0.3 is 30.6 Å². The van der Waals surface area contributed by atoms with E-state index in [4.69, 9.17) is 4.98 Å². The molecule has 4 N–H and O–H groups in total. The van der Waals surface area contributed by atoms with Gasteiger partial charge in [-0.2, -0.15) is 0 Å². The molecule has 4 rings (SSSR count). The lowest BCUT2D eigenvalue weighted by Gasteiger charge is -2.22. The SMILES string of the molecule is CCC(CC(C)=O)Cc1cc2c(nc1CCCCCC[C@@H](CC(=O)O)NC(=O)/C(S)=C1\C(C)C1c1cccc(NC(=O)CCC(C=O)CC(C)C)c1C)NCCC2. The lowest BCUT2D eigenvalue weighted by Crippen LogP contribution is -2.36. The van der Waals surface area contributed by atoms with Crippen molar-refractivity contribution in [3.05, 3.63) is 62.7 Å². The maximum absolute atomic E-state index is 13.5. The fourth-order valence-electron chi connectivity index (χ4n) is 8.50. The number of carbonyl (C=O) groups is 5. The topological polar surface area (TPSA) is 155 Å². The number of unbranched alkanes of at least 4 members (excludes halogenated alkanes) is 3. The van der Waals surface area contributed by atoms with Gasteiger partial charge in [-0.1, -0.05) is 71.6 Å². The summed E-state index contributed by atoms with van der Waals surface area (Å²) >= 11 is 4.66. The molecule has 1 aromatic heterocycles. The number of anilines is 2. The van der Waals surface area contributed by atoms with E-state index >= 15 is 0 Å². The summed E-state index contributed by atoms with van der Waals surface area (Å²) in [5.41, 5.74) is 7.17. The highest BCUT2D eigenvalue weighted by Crippen LogP contribution is 2.56. The second kappa shape index (κ2) is 22.2. The van der Waals surface area contributed by atoms with Gasteiger partial charge in [0.1, 0.15) is 17.9 Å². The molecule has 0 radical (unpaired) electrons. The van der Waals surface area contributed by atoms with Crippen LogP contribution in [0.2, 0.25) is 0 Å². The Hall–Kier alpha value is -3.99. The highest BCUT2D eigenvalue weighted by Gasteiger charge is 2.45. The summed E-state index contributed by atoms with van der Waals surface area (Å²) in [5, 5.41) is 19.1. The molecule has 2 heterocycles. The van der Waals surface area contributed by atoms with E-state index in [1.807, 2.05) is 32.0 Å². The zero-order chi connectivity index (χ0) is 41.6. The normalized spacial score (nSPS) is 18.5. The van der Waals surface area contributed by atoms with Crippen molar-refractivity contribution >= 4 is 54.0 Å². The van der Waals surface area contributed by atoms with Crippen LogP contribution < -0.4 is 16.0 Å². The van der Waals surface area contributed by atoms with Gasteiger partial charge in [0.2, 0.25) is 5.91 Å². The van der Waals surface area contributed by atoms with E-state index in [-0.39, 0.29) is 48.2 Å². The number of carboxylic acid groups (broad SMARTS) is 1. The van der Waals surface area contributed by atoms with Gasteiger partial charge in [-0.25, -0.2) is 4.98 Å². The standard InChI is InChI=1S/C46H66N4O6S/c1-7-32(23-29(4)52)24-35-25-34-14-13-21-47-45(34)50-39(35)17-11-9-8-10-15-36(26-41(54)55)48-46(56)44(57)43-31(6)42(43)37-16-12-18-38(30(37)5)49-40(53)20-19-33(27-51)22-28(2)3/h12,16,18,25,27-28,31-33,36,42,57H,7-11,13-15,17,19-24,26H2,1-6H3,(H,47,50)(H,48,56)(H,49,53)(H,54,55)/b44-43-/t31?,32?,33?,36-,42?/m0/s1. The van der Waals surface area contributed by atoms with Crippen LogP contribution in [0.15, 0.2) is 34.7 Å². The molecular weight excluding hydrogens is 737 g/mol. The average molecular weight is 803 g/mol. The summed E-state index contributed by atoms with van der Waals surface area (Å²) in [6.07, 6.45) is 11.8. The number of hydrogen-bond acceptors (Lipinski definition) is 8. The number of allylic oxidation sites excluding steroid dienone is 1. The zero-order valence-electron chi connectivity index (χ0n) is 35.0. The van der Waals surface area contributed by atoms with Crippen LogP contribution in [0.5, 0.6) is 0 Å². The molecule has 57 heavy (non-hydrogen) atoms. The number of nitrogens with one attached hydrogen (secondary N) is 3. The van der Waals surface area contributed by atoms with Crippen molar-refractivity contribution in [3.63, 3.8) is 0 Å². The van der Waals surface area contributed by atoms with Crippen LogP contribution in [-0.2, 0) is 43.2 Å². The average Bonchev–Trinajstić information content (AvgIpc) is 3.83. The molecular formula is C46H66N4O6S. The summed E-state index contributed by atoms with van der Waals surface area (Å²) in [6.45, 7) is 12.9. The van der Waals surface area contributed by atoms with Crippen molar-refractivity contribution in [1.29, 1.82) is 0 Å². The Bertz CT molecular complexity index is 1770. The number of nitrogens with zero attached hydrogens (tertiary/aromatic N) is 1. The first-order chi connectivity index (χ1) is 27.2. The molecule has 5 atom stereocenters.